The third-order valence-electron chi connectivity index (χ3n) is 4.24. The first-order valence-corrected chi connectivity index (χ1v) is 10.9. The van der Waals surface area contributed by atoms with E-state index >= 15 is 0 Å². The molecule has 29 heavy (non-hydrogen) atoms. The van der Waals surface area contributed by atoms with Gasteiger partial charge in [-0.2, -0.15) is 0 Å². The molecule has 2 aromatic carbocycles. The fourth-order valence-corrected chi connectivity index (χ4v) is 3.87. The Labute approximate surface area is 171 Å². The minimum atomic E-state index is -3.44. The van der Waals surface area contributed by atoms with Gasteiger partial charge in [-0.1, -0.05) is 31.2 Å². The molecular formula is C21H24N4O3S. The molecule has 0 aliphatic heterocycles. The minimum Gasteiger partial charge on any atom is -0.497 e. The molecule has 3 rings (SSSR count). The molecule has 0 atom stereocenters. The smallest absolute Gasteiger partial charge is 0.233 e. The summed E-state index contributed by atoms with van der Waals surface area (Å²) in [6.07, 6.45) is 3.55. The quantitative estimate of drug-likeness (QED) is 0.553. The first kappa shape index (κ1) is 20.6. The van der Waals surface area contributed by atoms with E-state index < -0.39 is 10.0 Å². The van der Waals surface area contributed by atoms with Crippen molar-refractivity contribution >= 4 is 21.5 Å². The lowest BCUT2D eigenvalue weighted by molar-refractivity contribution is 0.415. The first-order chi connectivity index (χ1) is 14.0. The third kappa shape index (κ3) is 5.68. The number of aromatic nitrogens is 2. The van der Waals surface area contributed by atoms with E-state index in [0.717, 1.165) is 22.6 Å². The Morgan fingerprint density at radius 1 is 0.966 bits per heavy atom. The Kier molecular flexibility index (Phi) is 6.66. The molecule has 0 amide bonds. The van der Waals surface area contributed by atoms with Crippen LogP contribution >= 0.6 is 0 Å². The number of ether oxygens (including phenoxy) is 1. The molecule has 0 spiro atoms. The highest BCUT2D eigenvalue weighted by Gasteiger charge is 2.15. The molecule has 0 aliphatic rings. The van der Waals surface area contributed by atoms with Gasteiger partial charge in [0, 0.05) is 30.2 Å². The first-order valence-electron chi connectivity index (χ1n) is 9.29. The molecule has 0 saturated carbocycles. The zero-order valence-corrected chi connectivity index (χ0v) is 17.2. The SMILES string of the molecule is CCCS(=O)(=O)Nc1nccnc1-c1ccc(CNc2ccc(OC)cc2)cc1. The summed E-state index contributed by atoms with van der Waals surface area (Å²) in [7, 11) is -1.80. The van der Waals surface area contributed by atoms with Crippen LogP contribution in [-0.4, -0.2) is 31.2 Å². The number of anilines is 2. The lowest BCUT2D eigenvalue weighted by atomic mass is 10.1. The van der Waals surface area contributed by atoms with E-state index in [1.807, 2.05) is 55.5 Å². The molecule has 0 radical (unpaired) electrons. The molecule has 8 heteroatoms. The van der Waals surface area contributed by atoms with Crippen molar-refractivity contribution < 1.29 is 13.2 Å². The van der Waals surface area contributed by atoms with Gasteiger partial charge in [-0.25, -0.2) is 13.4 Å². The van der Waals surface area contributed by atoms with E-state index in [-0.39, 0.29) is 11.6 Å². The molecule has 1 heterocycles. The fraction of sp³-hybridized carbons (Fsp3) is 0.238. The van der Waals surface area contributed by atoms with Crippen molar-refractivity contribution in [3.8, 4) is 17.0 Å². The lowest BCUT2D eigenvalue weighted by Gasteiger charge is -2.11. The second-order valence-corrected chi connectivity index (χ2v) is 8.30. The van der Waals surface area contributed by atoms with Gasteiger partial charge in [0.1, 0.15) is 11.4 Å². The molecule has 0 bridgehead atoms. The number of hydrogen-bond donors (Lipinski definition) is 2. The minimum absolute atomic E-state index is 0.0407. The van der Waals surface area contributed by atoms with Crippen molar-refractivity contribution in [3.05, 3.63) is 66.5 Å². The molecule has 0 fully saturated rings. The highest BCUT2D eigenvalue weighted by Crippen LogP contribution is 2.25. The van der Waals surface area contributed by atoms with E-state index in [2.05, 4.69) is 20.0 Å². The predicted octanol–water partition coefficient (Wildman–Crippen LogP) is 3.92. The number of methoxy groups -OCH3 is 1. The van der Waals surface area contributed by atoms with Gasteiger partial charge in [-0.3, -0.25) is 9.71 Å². The molecule has 0 unspecified atom stereocenters. The van der Waals surface area contributed by atoms with E-state index in [0.29, 0.717) is 18.7 Å². The van der Waals surface area contributed by atoms with Gasteiger partial charge in [0.2, 0.25) is 10.0 Å². The number of benzene rings is 2. The van der Waals surface area contributed by atoms with Gasteiger partial charge in [0.05, 0.1) is 12.9 Å². The van der Waals surface area contributed by atoms with Crippen LogP contribution in [0.2, 0.25) is 0 Å². The van der Waals surface area contributed by atoms with Crippen LogP contribution in [0.25, 0.3) is 11.3 Å². The summed E-state index contributed by atoms with van der Waals surface area (Å²) < 4.78 is 31.9. The normalized spacial score (nSPS) is 11.1. The highest BCUT2D eigenvalue weighted by atomic mass is 32.2. The van der Waals surface area contributed by atoms with Gasteiger partial charge < -0.3 is 10.1 Å². The molecular weight excluding hydrogens is 388 g/mol. The van der Waals surface area contributed by atoms with Crippen LogP contribution < -0.4 is 14.8 Å². The van der Waals surface area contributed by atoms with Gasteiger partial charge in [-0.15, -0.1) is 0 Å². The zero-order chi connectivity index (χ0) is 20.7. The van der Waals surface area contributed by atoms with Gasteiger partial charge in [0.15, 0.2) is 5.82 Å². The molecule has 0 saturated heterocycles. The standard InChI is InChI=1S/C21H24N4O3S/c1-3-14-29(26,27)25-21-20(22-12-13-23-21)17-6-4-16(5-7-17)15-24-18-8-10-19(28-2)11-9-18/h4-13,24H,3,14-15H2,1-2H3,(H,23,25). The molecule has 1 aromatic heterocycles. The van der Waals surface area contributed by atoms with E-state index in [1.54, 1.807) is 13.3 Å². The average Bonchev–Trinajstić information content (AvgIpc) is 2.73. The van der Waals surface area contributed by atoms with Crippen LogP contribution in [0.3, 0.4) is 0 Å². The number of rotatable bonds is 9. The second-order valence-electron chi connectivity index (χ2n) is 6.45. The van der Waals surface area contributed by atoms with E-state index in [1.165, 1.54) is 6.20 Å². The Hall–Kier alpha value is -3.13. The number of nitrogens with one attached hydrogen (secondary N) is 2. The summed E-state index contributed by atoms with van der Waals surface area (Å²) in [6.45, 7) is 2.47. The number of hydrogen-bond acceptors (Lipinski definition) is 6. The average molecular weight is 413 g/mol. The maximum Gasteiger partial charge on any atom is 0.233 e. The number of nitrogens with zero attached hydrogens (tertiary/aromatic N) is 2. The number of sulfonamides is 1. The summed E-state index contributed by atoms with van der Waals surface area (Å²) in [5.74, 6) is 1.10. The van der Waals surface area contributed by atoms with Crippen molar-refractivity contribution in [3.63, 3.8) is 0 Å². The topological polar surface area (TPSA) is 93.2 Å². The van der Waals surface area contributed by atoms with Crippen LogP contribution in [0, 0.1) is 0 Å². The van der Waals surface area contributed by atoms with Gasteiger partial charge in [-0.05, 0) is 36.2 Å². The molecule has 2 N–H and O–H groups in total. The predicted molar refractivity (Wildman–Crippen MR) is 115 cm³/mol. The summed E-state index contributed by atoms with van der Waals surface area (Å²) in [6, 6.07) is 15.5. The van der Waals surface area contributed by atoms with Crippen LogP contribution in [0.15, 0.2) is 60.9 Å². The fourth-order valence-electron chi connectivity index (χ4n) is 2.78. The molecule has 7 nitrogen and oxygen atoms in total. The Morgan fingerprint density at radius 2 is 1.66 bits per heavy atom. The Bertz CT molecular complexity index is 1040. The monoisotopic (exact) mass is 412 g/mol. The second kappa shape index (κ2) is 9.38. The largest absolute Gasteiger partial charge is 0.497 e. The summed E-state index contributed by atoms with van der Waals surface area (Å²) in [5.41, 5.74) is 3.38. The Morgan fingerprint density at radius 3 is 2.31 bits per heavy atom. The summed E-state index contributed by atoms with van der Waals surface area (Å²) >= 11 is 0. The van der Waals surface area contributed by atoms with Crippen molar-refractivity contribution in [1.82, 2.24) is 9.97 Å². The van der Waals surface area contributed by atoms with Crippen molar-refractivity contribution in [2.45, 2.75) is 19.9 Å². The van der Waals surface area contributed by atoms with Crippen molar-refractivity contribution in [2.75, 3.05) is 22.9 Å². The third-order valence-corrected chi connectivity index (χ3v) is 5.69. The highest BCUT2D eigenvalue weighted by molar-refractivity contribution is 7.92. The molecule has 0 aliphatic carbocycles. The summed E-state index contributed by atoms with van der Waals surface area (Å²) in [4.78, 5) is 8.48. The van der Waals surface area contributed by atoms with Crippen molar-refractivity contribution in [2.24, 2.45) is 0 Å². The van der Waals surface area contributed by atoms with Crippen LogP contribution in [0.5, 0.6) is 5.75 Å². The molecule has 152 valence electrons. The Balaban J connectivity index is 1.71. The van der Waals surface area contributed by atoms with Crippen LogP contribution in [0.1, 0.15) is 18.9 Å². The molecule has 3 aromatic rings. The maximum atomic E-state index is 12.1. The van der Waals surface area contributed by atoms with Crippen LogP contribution in [-0.2, 0) is 16.6 Å². The van der Waals surface area contributed by atoms with Crippen LogP contribution in [0.4, 0.5) is 11.5 Å². The van der Waals surface area contributed by atoms with E-state index in [9.17, 15) is 8.42 Å². The van der Waals surface area contributed by atoms with Gasteiger partial charge >= 0.3 is 0 Å². The summed E-state index contributed by atoms with van der Waals surface area (Å²) in [5, 5.41) is 3.35. The maximum absolute atomic E-state index is 12.1. The van der Waals surface area contributed by atoms with Gasteiger partial charge in [0.25, 0.3) is 0 Å². The zero-order valence-electron chi connectivity index (χ0n) is 16.4. The van der Waals surface area contributed by atoms with E-state index in [4.69, 9.17) is 4.74 Å². The lowest BCUT2D eigenvalue weighted by Crippen LogP contribution is -2.17. The van der Waals surface area contributed by atoms with Crippen molar-refractivity contribution in [1.29, 1.82) is 0 Å².